The highest BCUT2D eigenvalue weighted by molar-refractivity contribution is 7.93. The van der Waals surface area contributed by atoms with Gasteiger partial charge in [-0.3, -0.25) is 9.03 Å². The summed E-state index contributed by atoms with van der Waals surface area (Å²) < 4.78 is 56.1. The number of anilines is 2. The molecule has 0 spiro atoms. The van der Waals surface area contributed by atoms with Crippen LogP contribution in [0.5, 0.6) is 0 Å². The standard InChI is InChI=1S/C13H20N2O5S2/c1-11-10-12(14-21(16,17)9-7-20-2)4-5-13(11)15-6-3-8-22(15,18)19/h4-5,10,14H,3,6-9H2,1-2H3. The fourth-order valence-electron chi connectivity index (χ4n) is 2.33. The van der Waals surface area contributed by atoms with E-state index < -0.39 is 20.0 Å². The van der Waals surface area contributed by atoms with Gasteiger partial charge in [-0.1, -0.05) is 0 Å². The number of methoxy groups -OCH3 is 1. The first kappa shape index (κ1) is 17.0. The van der Waals surface area contributed by atoms with Gasteiger partial charge in [0.15, 0.2) is 0 Å². The Bertz CT molecular complexity index is 744. The van der Waals surface area contributed by atoms with Crippen LogP contribution in [0.15, 0.2) is 18.2 Å². The van der Waals surface area contributed by atoms with Crippen LogP contribution in [0.3, 0.4) is 0 Å². The lowest BCUT2D eigenvalue weighted by molar-refractivity contribution is 0.217. The van der Waals surface area contributed by atoms with Crippen LogP contribution in [-0.4, -0.2) is 48.6 Å². The Labute approximate surface area is 131 Å². The molecule has 1 fully saturated rings. The van der Waals surface area contributed by atoms with E-state index in [2.05, 4.69) is 4.72 Å². The van der Waals surface area contributed by atoms with E-state index in [0.717, 1.165) is 0 Å². The van der Waals surface area contributed by atoms with Gasteiger partial charge in [0.2, 0.25) is 20.0 Å². The summed E-state index contributed by atoms with van der Waals surface area (Å²) in [6, 6.07) is 4.83. The van der Waals surface area contributed by atoms with Gasteiger partial charge in [0.05, 0.1) is 23.8 Å². The van der Waals surface area contributed by atoms with Gasteiger partial charge < -0.3 is 4.74 Å². The number of nitrogens with zero attached hydrogens (tertiary/aromatic N) is 1. The Kier molecular flexibility index (Phi) is 4.98. The Hall–Kier alpha value is -1.32. The van der Waals surface area contributed by atoms with Crippen molar-refractivity contribution in [2.45, 2.75) is 13.3 Å². The molecule has 124 valence electrons. The first-order chi connectivity index (χ1) is 10.2. The van der Waals surface area contributed by atoms with Crippen molar-refractivity contribution < 1.29 is 21.6 Å². The molecule has 0 atom stereocenters. The number of hydrogen-bond donors (Lipinski definition) is 1. The molecule has 22 heavy (non-hydrogen) atoms. The molecule has 1 aromatic carbocycles. The van der Waals surface area contributed by atoms with Crippen LogP contribution in [-0.2, 0) is 24.8 Å². The molecule has 0 bridgehead atoms. The third kappa shape index (κ3) is 3.90. The molecular formula is C13H20N2O5S2. The van der Waals surface area contributed by atoms with Crippen molar-refractivity contribution in [2.75, 3.05) is 40.8 Å². The van der Waals surface area contributed by atoms with Crippen molar-refractivity contribution >= 4 is 31.4 Å². The zero-order chi connectivity index (χ0) is 16.4. The summed E-state index contributed by atoms with van der Waals surface area (Å²) >= 11 is 0. The molecule has 1 N–H and O–H groups in total. The van der Waals surface area contributed by atoms with E-state index in [9.17, 15) is 16.8 Å². The van der Waals surface area contributed by atoms with Crippen LogP contribution in [0.4, 0.5) is 11.4 Å². The summed E-state index contributed by atoms with van der Waals surface area (Å²) in [5.74, 6) is 0.0165. The van der Waals surface area contributed by atoms with Crippen molar-refractivity contribution in [3.63, 3.8) is 0 Å². The van der Waals surface area contributed by atoms with Gasteiger partial charge in [0.1, 0.15) is 0 Å². The molecule has 0 aromatic heterocycles. The minimum absolute atomic E-state index is 0.110. The Morgan fingerprint density at radius 1 is 1.36 bits per heavy atom. The molecule has 0 amide bonds. The van der Waals surface area contributed by atoms with Crippen LogP contribution in [0.25, 0.3) is 0 Å². The fraction of sp³-hybridized carbons (Fsp3) is 0.538. The Balaban J connectivity index is 2.20. The van der Waals surface area contributed by atoms with Crippen molar-refractivity contribution in [2.24, 2.45) is 0 Å². The second-order valence-electron chi connectivity index (χ2n) is 5.16. The molecule has 1 heterocycles. The van der Waals surface area contributed by atoms with Gasteiger partial charge in [-0.15, -0.1) is 0 Å². The second-order valence-corrected chi connectivity index (χ2v) is 9.01. The van der Waals surface area contributed by atoms with E-state index >= 15 is 0 Å². The van der Waals surface area contributed by atoms with E-state index in [1.807, 2.05) is 0 Å². The number of sulfonamides is 2. The Morgan fingerprint density at radius 3 is 2.64 bits per heavy atom. The smallest absolute Gasteiger partial charge is 0.235 e. The molecular weight excluding hydrogens is 328 g/mol. The van der Waals surface area contributed by atoms with E-state index in [1.165, 1.54) is 11.4 Å². The first-order valence-electron chi connectivity index (χ1n) is 6.86. The lowest BCUT2D eigenvalue weighted by Gasteiger charge is -2.20. The van der Waals surface area contributed by atoms with Gasteiger partial charge in [0.25, 0.3) is 0 Å². The van der Waals surface area contributed by atoms with Crippen molar-refractivity contribution in [3.8, 4) is 0 Å². The van der Waals surface area contributed by atoms with Crippen molar-refractivity contribution in [1.82, 2.24) is 0 Å². The average Bonchev–Trinajstić information content (AvgIpc) is 2.76. The van der Waals surface area contributed by atoms with Crippen molar-refractivity contribution in [1.29, 1.82) is 0 Å². The molecule has 0 unspecified atom stereocenters. The zero-order valence-corrected chi connectivity index (χ0v) is 14.2. The van der Waals surface area contributed by atoms with Gasteiger partial charge >= 0.3 is 0 Å². The maximum Gasteiger partial charge on any atom is 0.235 e. The monoisotopic (exact) mass is 348 g/mol. The van der Waals surface area contributed by atoms with Crippen LogP contribution < -0.4 is 9.03 Å². The first-order valence-corrected chi connectivity index (χ1v) is 10.1. The van der Waals surface area contributed by atoms with E-state index in [-0.39, 0.29) is 18.1 Å². The number of benzene rings is 1. The van der Waals surface area contributed by atoms with E-state index in [1.54, 1.807) is 25.1 Å². The van der Waals surface area contributed by atoms with Crippen molar-refractivity contribution in [3.05, 3.63) is 23.8 Å². The number of ether oxygens (including phenoxy) is 1. The number of nitrogens with one attached hydrogen (secondary N) is 1. The summed E-state index contributed by atoms with van der Waals surface area (Å²) in [7, 11) is -5.28. The second kappa shape index (κ2) is 6.43. The van der Waals surface area contributed by atoms with Crippen LogP contribution >= 0.6 is 0 Å². The minimum atomic E-state index is -3.48. The maximum absolute atomic E-state index is 11.9. The van der Waals surface area contributed by atoms with Gasteiger partial charge in [-0.25, -0.2) is 16.8 Å². The third-order valence-electron chi connectivity index (χ3n) is 3.39. The van der Waals surface area contributed by atoms with Crippen LogP contribution in [0.2, 0.25) is 0 Å². The maximum atomic E-state index is 11.9. The summed E-state index contributed by atoms with van der Waals surface area (Å²) in [6.45, 7) is 2.33. The number of rotatable bonds is 6. The summed E-state index contributed by atoms with van der Waals surface area (Å²) in [6.07, 6.45) is 0.604. The Morgan fingerprint density at radius 2 is 2.09 bits per heavy atom. The number of aryl methyl sites for hydroxylation is 1. The minimum Gasteiger partial charge on any atom is -0.384 e. The lowest BCUT2D eigenvalue weighted by Crippen LogP contribution is -2.26. The quantitative estimate of drug-likeness (QED) is 0.825. The molecule has 1 aliphatic heterocycles. The zero-order valence-electron chi connectivity index (χ0n) is 12.6. The average molecular weight is 348 g/mol. The van der Waals surface area contributed by atoms with Gasteiger partial charge in [-0.05, 0) is 37.1 Å². The van der Waals surface area contributed by atoms with Crippen LogP contribution in [0, 0.1) is 6.92 Å². The molecule has 0 aliphatic carbocycles. The molecule has 1 aromatic rings. The molecule has 1 saturated heterocycles. The fourth-order valence-corrected chi connectivity index (χ4v) is 4.93. The highest BCUT2D eigenvalue weighted by Gasteiger charge is 2.29. The van der Waals surface area contributed by atoms with Gasteiger partial charge in [-0.2, -0.15) is 0 Å². The summed E-state index contributed by atoms with van der Waals surface area (Å²) in [5, 5.41) is 0. The predicted octanol–water partition coefficient (Wildman–Crippen LogP) is 0.923. The topological polar surface area (TPSA) is 92.8 Å². The highest BCUT2D eigenvalue weighted by atomic mass is 32.2. The molecule has 2 rings (SSSR count). The number of hydrogen-bond acceptors (Lipinski definition) is 5. The molecule has 7 nitrogen and oxygen atoms in total. The van der Waals surface area contributed by atoms with Crippen LogP contribution in [0.1, 0.15) is 12.0 Å². The largest absolute Gasteiger partial charge is 0.384 e. The molecule has 0 radical (unpaired) electrons. The summed E-state index contributed by atoms with van der Waals surface area (Å²) in [4.78, 5) is 0. The normalized spacial score (nSPS) is 17.6. The third-order valence-corrected chi connectivity index (χ3v) is 6.50. The van der Waals surface area contributed by atoms with Gasteiger partial charge in [0, 0.05) is 19.3 Å². The van der Waals surface area contributed by atoms with E-state index in [4.69, 9.17) is 4.74 Å². The summed E-state index contributed by atoms with van der Waals surface area (Å²) in [5.41, 5.74) is 1.71. The highest BCUT2D eigenvalue weighted by Crippen LogP contribution is 2.29. The SMILES string of the molecule is COCCS(=O)(=O)Nc1ccc(N2CCCS2(=O)=O)c(C)c1. The molecule has 0 saturated carbocycles. The van der Waals surface area contributed by atoms with E-state index in [0.29, 0.717) is 29.9 Å². The lowest BCUT2D eigenvalue weighted by atomic mass is 10.2. The molecule has 1 aliphatic rings. The predicted molar refractivity (Wildman–Crippen MR) is 86.2 cm³/mol. The molecule has 9 heteroatoms.